The molecule has 1 N–H and O–H groups in total. The predicted molar refractivity (Wildman–Crippen MR) is 123 cm³/mol. The summed E-state index contributed by atoms with van der Waals surface area (Å²) in [7, 11) is 0. The van der Waals surface area contributed by atoms with Gasteiger partial charge in [0.25, 0.3) is 0 Å². The number of carbonyl (C=O) groups excluding carboxylic acids is 4. The lowest BCUT2D eigenvalue weighted by Gasteiger charge is -2.62. The van der Waals surface area contributed by atoms with Gasteiger partial charge in [-0.25, -0.2) is 0 Å². The number of hydrogen-bond acceptors (Lipinski definition) is 7. The average Bonchev–Trinajstić information content (AvgIpc) is 3.04. The van der Waals surface area contributed by atoms with Gasteiger partial charge in [0.2, 0.25) is 5.78 Å². The first kappa shape index (κ1) is 25.1. The van der Waals surface area contributed by atoms with E-state index in [1.807, 2.05) is 13.0 Å². The molecule has 0 bridgehead atoms. The van der Waals surface area contributed by atoms with Crippen molar-refractivity contribution in [3.63, 3.8) is 0 Å². The van der Waals surface area contributed by atoms with Gasteiger partial charge in [0.1, 0.15) is 0 Å². The van der Waals surface area contributed by atoms with E-state index in [-0.39, 0.29) is 41.3 Å². The first-order valence-electron chi connectivity index (χ1n) is 12.7. The molecule has 0 saturated heterocycles. The highest BCUT2D eigenvalue weighted by atomic mass is 16.6. The summed E-state index contributed by atoms with van der Waals surface area (Å²) in [5.74, 6) is -0.859. The summed E-state index contributed by atoms with van der Waals surface area (Å²) in [6.45, 7) is 8.83. The second-order valence-electron chi connectivity index (χ2n) is 11.5. The summed E-state index contributed by atoms with van der Waals surface area (Å²) >= 11 is 0. The van der Waals surface area contributed by atoms with Gasteiger partial charge in [-0.2, -0.15) is 0 Å². The lowest BCUT2D eigenvalue weighted by Crippen LogP contribution is -2.63. The van der Waals surface area contributed by atoms with Crippen LogP contribution in [0.15, 0.2) is 11.6 Å². The number of fused-ring (bicyclic) bond motifs is 5. The van der Waals surface area contributed by atoms with E-state index in [4.69, 9.17) is 9.47 Å². The Morgan fingerprint density at radius 1 is 1.21 bits per heavy atom. The number of aliphatic hydroxyl groups excluding tert-OH is 1. The molecule has 0 aromatic heterocycles. The number of rotatable bonds is 5. The zero-order valence-electron chi connectivity index (χ0n) is 21.0. The van der Waals surface area contributed by atoms with Gasteiger partial charge in [-0.15, -0.1) is 0 Å². The van der Waals surface area contributed by atoms with Crippen molar-refractivity contribution in [3.05, 3.63) is 11.6 Å². The fraction of sp³-hybridized carbons (Fsp3) is 0.778. The zero-order chi connectivity index (χ0) is 25.1. The number of aliphatic hydroxyl groups is 1. The molecule has 7 heteroatoms. The van der Waals surface area contributed by atoms with E-state index in [9.17, 15) is 24.3 Å². The van der Waals surface area contributed by atoms with Crippen molar-refractivity contribution in [2.75, 3.05) is 6.61 Å². The molecule has 3 fully saturated rings. The Hall–Kier alpha value is -2.02. The van der Waals surface area contributed by atoms with Crippen LogP contribution in [0, 0.1) is 34.5 Å². The minimum absolute atomic E-state index is 0.0118. The Labute approximate surface area is 201 Å². The quantitative estimate of drug-likeness (QED) is 0.607. The van der Waals surface area contributed by atoms with Gasteiger partial charge in [-0.3, -0.25) is 19.2 Å². The third-order valence-corrected chi connectivity index (χ3v) is 9.75. The second-order valence-corrected chi connectivity index (χ2v) is 11.5. The predicted octanol–water partition coefficient (Wildman–Crippen LogP) is 3.56. The van der Waals surface area contributed by atoms with E-state index in [1.54, 1.807) is 6.92 Å². The van der Waals surface area contributed by atoms with E-state index >= 15 is 0 Å². The molecule has 188 valence electrons. The summed E-state index contributed by atoms with van der Waals surface area (Å²) in [4.78, 5) is 49.7. The minimum atomic E-state index is -1.42. The number of carbonyl (C=O) groups is 4. The third-order valence-electron chi connectivity index (χ3n) is 9.75. The third kappa shape index (κ3) is 3.57. The molecule has 34 heavy (non-hydrogen) atoms. The molecule has 0 heterocycles. The highest BCUT2D eigenvalue weighted by Crippen LogP contribution is 2.69. The maximum atomic E-state index is 13.6. The summed E-state index contributed by atoms with van der Waals surface area (Å²) in [6, 6.07) is 0. The number of hydrogen-bond donors (Lipinski definition) is 1. The van der Waals surface area contributed by atoms with E-state index in [1.165, 1.54) is 6.92 Å². The highest BCUT2D eigenvalue weighted by molar-refractivity contribution is 5.93. The Bertz CT molecular complexity index is 937. The molecule has 0 amide bonds. The molecule has 7 nitrogen and oxygen atoms in total. The van der Waals surface area contributed by atoms with E-state index < -0.39 is 41.4 Å². The maximum Gasteiger partial charge on any atom is 0.305 e. The van der Waals surface area contributed by atoms with Crippen LogP contribution in [-0.2, 0) is 28.7 Å². The normalized spacial score (nSPS) is 43.2. The fourth-order valence-electron chi connectivity index (χ4n) is 8.40. The highest BCUT2D eigenvalue weighted by Gasteiger charge is 2.70. The van der Waals surface area contributed by atoms with E-state index in [0.29, 0.717) is 25.7 Å². The van der Waals surface area contributed by atoms with Gasteiger partial charge >= 0.3 is 11.9 Å². The topological polar surface area (TPSA) is 107 Å². The van der Waals surface area contributed by atoms with Gasteiger partial charge in [0, 0.05) is 25.2 Å². The van der Waals surface area contributed by atoms with Crippen molar-refractivity contribution in [1.29, 1.82) is 0 Å². The number of ether oxygens (including phenoxy) is 2. The van der Waals surface area contributed by atoms with Gasteiger partial charge in [0.15, 0.2) is 18.0 Å². The molecular formula is C27H38O7. The zero-order valence-corrected chi connectivity index (χ0v) is 21.0. The molecule has 0 unspecified atom stereocenters. The smallest absolute Gasteiger partial charge is 0.305 e. The summed E-state index contributed by atoms with van der Waals surface area (Å²) in [5, 5.41) is 11.6. The van der Waals surface area contributed by atoms with Crippen LogP contribution in [0.1, 0.15) is 79.6 Å². The van der Waals surface area contributed by atoms with Gasteiger partial charge in [0.05, 0.1) is 6.10 Å². The first-order chi connectivity index (χ1) is 15.9. The fourth-order valence-corrected chi connectivity index (χ4v) is 8.40. The summed E-state index contributed by atoms with van der Waals surface area (Å²) in [6.07, 6.45) is 4.70. The number of Topliss-reactive ketones (excluding diaryl/α,β-unsaturated/α-hetero) is 1. The Kier molecular flexibility index (Phi) is 6.33. The molecule has 0 radical (unpaired) electrons. The number of ketones is 2. The minimum Gasteiger partial charge on any atom is -0.457 e. The molecule has 0 aromatic rings. The SMILES string of the molecule is CCC(=O)OCC(=O)[C@@]1(OC(C)=O)CC[C@H]2[C@@H]3C[C@H](C)C4=CC(=O)CC[C@]4(C)[C@H]3[C@@H](O)C[C@@]21C. The average molecular weight is 475 g/mol. The molecule has 0 aromatic carbocycles. The van der Waals surface area contributed by atoms with Crippen LogP contribution >= 0.6 is 0 Å². The van der Waals surface area contributed by atoms with Crippen molar-refractivity contribution in [2.24, 2.45) is 34.5 Å². The van der Waals surface area contributed by atoms with Crippen LogP contribution in [0.25, 0.3) is 0 Å². The summed E-state index contributed by atoms with van der Waals surface area (Å²) < 4.78 is 11.0. The largest absolute Gasteiger partial charge is 0.457 e. The van der Waals surface area contributed by atoms with Crippen molar-refractivity contribution in [3.8, 4) is 0 Å². The van der Waals surface area contributed by atoms with Crippen molar-refractivity contribution < 1.29 is 33.8 Å². The van der Waals surface area contributed by atoms with Crippen molar-refractivity contribution in [1.82, 2.24) is 0 Å². The maximum absolute atomic E-state index is 13.6. The monoisotopic (exact) mass is 474 g/mol. The van der Waals surface area contributed by atoms with Gasteiger partial charge < -0.3 is 14.6 Å². The molecule has 4 aliphatic rings. The van der Waals surface area contributed by atoms with Crippen LogP contribution in [0.4, 0.5) is 0 Å². The van der Waals surface area contributed by atoms with Crippen LogP contribution in [0.5, 0.6) is 0 Å². The van der Waals surface area contributed by atoms with E-state index in [2.05, 4.69) is 13.8 Å². The Morgan fingerprint density at radius 2 is 1.91 bits per heavy atom. The lowest BCUT2D eigenvalue weighted by atomic mass is 9.44. The number of allylic oxidation sites excluding steroid dienone is 1. The molecule has 0 spiro atoms. The summed E-state index contributed by atoms with van der Waals surface area (Å²) in [5.41, 5.74) is -1.30. The number of esters is 2. The van der Waals surface area contributed by atoms with Crippen LogP contribution in [-0.4, -0.2) is 46.9 Å². The molecule has 4 aliphatic carbocycles. The van der Waals surface area contributed by atoms with E-state index in [0.717, 1.165) is 18.4 Å². The van der Waals surface area contributed by atoms with Gasteiger partial charge in [-0.05, 0) is 67.3 Å². The Balaban J connectivity index is 1.73. The molecule has 3 saturated carbocycles. The standard InChI is InChI=1S/C27H38O7/c1-6-23(32)33-14-22(31)27(34-16(3)28)10-8-19-18-11-15(2)20-12-17(29)7-9-25(20,4)24(18)21(30)13-26(19,27)5/h12,15,18-19,21,24,30H,6-11,13-14H2,1-5H3/t15-,18-,19-,21-,24+,25-,26-,27-/m0/s1. The molecule has 4 rings (SSSR count). The van der Waals surface area contributed by atoms with Crippen LogP contribution in [0.3, 0.4) is 0 Å². The Morgan fingerprint density at radius 3 is 2.56 bits per heavy atom. The van der Waals surface area contributed by atoms with Crippen LogP contribution in [0.2, 0.25) is 0 Å². The lowest BCUT2D eigenvalue weighted by molar-refractivity contribution is -0.203. The molecular weight excluding hydrogens is 436 g/mol. The van der Waals surface area contributed by atoms with Gasteiger partial charge in [-0.1, -0.05) is 33.3 Å². The molecule has 0 aliphatic heterocycles. The van der Waals surface area contributed by atoms with Crippen molar-refractivity contribution >= 4 is 23.5 Å². The van der Waals surface area contributed by atoms with Crippen LogP contribution < -0.4 is 0 Å². The van der Waals surface area contributed by atoms with Crippen molar-refractivity contribution in [2.45, 2.75) is 91.3 Å². The first-order valence-corrected chi connectivity index (χ1v) is 12.7. The molecule has 8 atom stereocenters. The second kappa shape index (κ2) is 8.58.